The third kappa shape index (κ3) is 5.02. The Morgan fingerprint density at radius 3 is 2.30 bits per heavy atom. The zero-order valence-electron chi connectivity index (χ0n) is 13.0. The zero-order chi connectivity index (χ0) is 15.3. The van der Waals surface area contributed by atoms with Crippen LogP contribution in [0.1, 0.15) is 59.8 Å². The normalized spacial score (nSPS) is 25.4. The van der Waals surface area contributed by atoms with Crippen LogP contribution in [0.4, 0.5) is 4.79 Å². The van der Waals surface area contributed by atoms with Crippen molar-refractivity contribution < 1.29 is 14.7 Å². The van der Waals surface area contributed by atoms with Crippen molar-refractivity contribution in [3.8, 4) is 0 Å². The lowest BCUT2D eigenvalue weighted by Crippen LogP contribution is -2.54. The molecule has 5 heteroatoms. The van der Waals surface area contributed by atoms with E-state index < -0.39 is 17.4 Å². The van der Waals surface area contributed by atoms with Crippen LogP contribution in [0.2, 0.25) is 0 Å². The molecule has 116 valence electrons. The average molecular weight is 284 g/mol. The van der Waals surface area contributed by atoms with Crippen LogP contribution in [0.5, 0.6) is 0 Å². The smallest absolute Gasteiger partial charge is 0.326 e. The van der Waals surface area contributed by atoms with Gasteiger partial charge in [-0.05, 0) is 24.2 Å². The number of hydrogen-bond acceptors (Lipinski definition) is 2. The Bertz CT molecular complexity index is 350. The molecule has 1 rings (SSSR count). The molecule has 2 amide bonds. The SMILES string of the molecule is CC1CCCCCC1NC(=O)N[C@H](C(=O)O)C(C)(C)C. The number of carbonyl (C=O) groups excluding carboxylic acids is 1. The van der Waals surface area contributed by atoms with Crippen LogP contribution in [-0.2, 0) is 4.79 Å². The highest BCUT2D eigenvalue weighted by Crippen LogP contribution is 2.23. The Morgan fingerprint density at radius 2 is 1.75 bits per heavy atom. The largest absolute Gasteiger partial charge is 0.480 e. The molecule has 0 aliphatic heterocycles. The van der Waals surface area contributed by atoms with Gasteiger partial charge in [0.15, 0.2) is 0 Å². The van der Waals surface area contributed by atoms with E-state index >= 15 is 0 Å². The second-order valence-electron chi connectivity index (χ2n) is 6.98. The summed E-state index contributed by atoms with van der Waals surface area (Å²) in [6, 6.07) is -1.11. The molecule has 1 aliphatic rings. The van der Waals surface area contributed by atoms with Crippen molar-refractivity contribution in [2.75, 3.05) is 0 Å². The predicted molar refractivity (Wildman–Crippen MR) is 78.6 cm³/mol. The molecule has 0 heterocycles. The quantitative estimate of drug-likeness (QED) is 0.697. The maximum absolute atomic E-state index is 12.0. The monoisotopic (exact) mass is 284 g/mol. The summed E-state index contributed by atoms with van der Waals surface area (Å²) < 4.78 is 0. The summed E-state index contributed by atoms with van der Waals surface area (Å²) in [6.07, 6.45) is 5.63. The molecule has 3 atom stereocenters. The summed E-state index contributed by atoms with van der Waals surface area (Å²) in [5, 5.41) is 14.8. The fourth-order valence-electron chi connectivity index (χ4n) is 2.70. The molecule has 0 aromatic rings. The first-order valence-corrected chi connectivity index (χ1v) is 7.51. The number of carboxylic acid groups (broad SMARTS) is 1. The van der Waals surface area contributed by atoms with Gasteiger partial charge >= 0.3 is 12.0 Å². The van der Waals surface area contributed by atoms with E-state index in [0.717, 1.165) is 19.3 Å². The van der Waals surface area contributed by atoms with Crippen LogP contribution in [0, 0.1) is 11.3 Å². The fourth-order valence-corrected chi connectivity index (χ4v) is 2.70. The van der Waals surface area contributed by atoms with Crippen LogP contribution in [-0.4, -0.2) is 29.2 Å². The number of nitrogens with one attached hydrogen (secondary N) is 2. The molecule has 1 saturated carbocycles. The second-order valence-corrected chi connectivity index (χ2v) is 6.98. The van der Waals surface area contributed by atoms with Gasteiger partial charge in [-0.2, -0.15) is 0 Å². The number of urea groups is 1. The molecule has 1 aliphatic carbocycles. The molecular weight excluding hydrogens is 256 g/mol. The Kier molecular flexibility index (Phi) is 5.84. The lowest BCUT2D eigenvalue weighted by Gasteiger charge is -2.29. The highest BCUT2D eigenvalue weighted by molar-refractivity contribution is 5.83. The Hall–Kier alpha value is -1.26. The molecule has 0 bridgehead atoms. The Balaban J connectivity index is 2.59. The van der Waals surface area contributed by atoms with Crippen molar-refractivity contribution in [2.45, 2.75) is 71.9 Å². The molecule has 0 spiro atoms. The van der Waals surface area contributed by atoms with E-state index in [1.807, 2.05) is 0 Å². The number of amides is 2. The summed E-state index contributed by atoms with van der Waals surface area (Å²) in [5.41, 5.74) is -0.516. The van der Waals surface area contributed by atoms with Gasteiger partial charge < -0.3 is 15.7 Å². The van der Waals surface area contributed by atoms with E-state index in [1.54, 1.807) is 20.8 Å². The molecule has 3 N–H and O–H groups in total. The molecule has 0 aromatic heterocycles. The van der Waals surface area contributed by atoms with Crippen molar-refractivity contribution in [1.82, 2.24) is 10.6 Å². The third-order valence-corrected chi connectivity index (χ3v) is 4.07. The molecule has 2 unspecified atom stereocenters. The molecule has 1 fully saturated rings. The van der Waals surface area contributed by atoms with Crippen molar-refractivity contribution in [3.63, 3.8) is 0 Å². The molecule has 0 radical (unpaired) electrons. The van der Waals surface area contributed by atoms with Gasteiger partial charge in [-0.15, -0.1) is 0 Å². The minimum Gasteiger partial charge on any atom is -0.480 e. The fraction of sp³-hybridized carbons (Fsp3) is 0.867. The van der Waals surface area contributed by atoms with Crippen molar-refractivity contribution >= 4 is 12.0 Å². The van der Waals surface area contributed by atoms with E-state index in [1.165, 1.54) is 12.8 Å². The van der Waals surface area contributed by atoms with Crippen molar-refractivity contribution in [3.05, 3.63) is 0 Å². The molecule has 0 saturated heterocycles. The zero-order valence-corrected chi connectivity index (χ0v) is 13.0. The summed E-state index contributed by atoms with van der Waals surface area (Å²) in [7, 11) is 0. The Morgan fingerprint density at radius 1 is 1.15 bits per heavy atom. The van der Waals surface area contributed by atoms with Crippen LogP contribution < -0.4 is 10.6 Å². The number of aliphatic carboxylic acids is 1. The van der Waals surface area contributed by atoms with E-state index in [-0.39, 0.29) is 12.1 Å². The van der Waals surface area contributed by atoms with E-state index in [0.29, 0.717) is 5.92 Å². The molecule has 0 aromatic carbocycles. The van der Waals surface area contributed by atoms with Gasteiger partial charge in [-0.25, -0.2) is 9.59 Å². The van der Waals surface area contributed by atoms with Crippen LogP contribution in [0.3, 0.4) is 0 Å². The van der Waals surface area contributed by atoms with Gasteiger partial charge in [-0.3, -0.25) is 0 Å². The van der Waals surface area contributed by atoms with Gasteiger partial charge in [0.2, 0.25) is 0 Å². The highest BCUT2D eigenvalue weighted by atomic mass is 16.4. The lowest BCUT2D eigenvalue weighted by atomic mass is 9.87. The van der Waals surface area contributed by atoms with Crippen LogP contribution in [0.15, 0.2) is 0 Å². The van der Waals surface area contributed by atoms with E-state index in [9.17, 15) is 14.7 Å². The third-order valence-electron chi connectivity index (χ3n) is 4.07. The molecule has 20 heavy (non-hydrogen) atoms. The maximum atomic E-state index is 12.0. The lowest BCUT2D eigenvalue weighted by molar-refractivity contribution is -0.141. The van der Waals surface area contributed by atoms with Crippen LogP contribution in [0.25, 0.3) is 0 Å². The summed E-state index contributed by atoms with van der Waals surface area (Å²) in [6.45, 7) is 7.57. The van der Waals surface area contributed by atoms with E-state index in [2.05, 4.69) is 17.6 Å². The standard InChI is InChI=1S/C15H28N2O3/c1-10-8-6-5-7-9-11(10)16-14(20)17-12(13(18)19)15(2,3)4/h10-12H,5-9H2,1-4H3,(H,18,19)(H2,16,17,20)/t10?,11?,12-/m1/s1. The topological polar surface area (TPSA) is 78.4 Å². The first-order chi connectivity index (χ1) is 9.21. The minimum atomic E-state index is -0.999. The van der Waals surface area contributed by atoms with Gasteiger partial charge in [0, 0.05) is 6.04 Å². The predicted octanol–water partition coefficient (Wildman–Crippen LogP) is 2.75. The number of carboxylic acids is 1. The van der Waals surface area contributed by atoms with Crippen LogP contribution >= 0.6 is 0 Å². The first-order valence-electron chi connectivity index (χ1n) is 7.51. The highest BCUT2D eigenvalue weighted by Gasteiger charge is 2.33. The Labute approximate surface area is 121 Å². The first kappa shape index (κ1) is 16.8. The van der Waals surface area contributed by atoms with Gasteiger partial charge in [0.1, 0.15) is 6.04 Å². The molecule has 5 nitrogen and oxygen atoms in total. The summed E-state index contributed by atoms with van der Waals surface area (Å²) in [5.74, 6) is -0.553. The van der Waals surface area contributed by atoms with E-state index in [4.69, 9.17) is 0 Å². The van der Waals surface area contributed by atoms with Gasteiger partial charge in [-0.1, -0.05) is 47.0 Å². The number of rotatable bonds is 3. The summed E-state index contributed by atoms with van der Waals surface area (Å²) in [4.78, 5) is 23.3. The summed E-state index contributed by atoms with van der Waals surface area (Å²) >= 11 is 0. The van der Waals surface area contributed by atoms with Crippen molar-refractivity contribution in [2.24, 2.45) is 11.3 Å². The van der Waals surface area contributed by atoms with Gasteiger partial charge in [0.25, 0.3) is 0 Å². The maximum Gasteiger partial charge on any atom is 0.326 e. The average Bonchev–Trinajstić information content (AvgIpc) is 2.50. The van der Waals surface area contributed by atoms with Crippen molar-refractivity contribution in [1.29, 1.82) is 0 Å². The van der Waals surface area contributed by atoms with Gasteiger partial charge in [0.05, 0.1) is 0 Å². The number of hydrogen-bond donors (Lipinski definition) is 3. The number of carbonyl (C=O) groups is 2. The second kappa shape index (κ2) is 6.95. The molecular formula is C15H28N2O3. The minimum absolute atomic E-state index is 0.145.